The van der Waals surface area contributed by atoms with Crippen molar-refractivity contribution >= 4 is 16.9 Å². The van der Waals surface area contributed by atoms with Gasteiger partial charge in [0, 0.05) is 12.5 Å². The second-order valence-corrected chi connectivity index (χ2v) is 7.56. The summed E-state index contributed by atoms with van der Waals surface area (Å²) in [4.78, 5) is 12.9. The SMILES string of the molecule is O=C(O)N1CCC(c2cccc(CO)c2)C(OCc2ccc3ccccc3c2)C1. The third kappa shape index (κ3) is 4.42. The number of carboxylic acid groups (broad SMARTS) is 1. The zero-order chi connectivity index (χ0) is 20.2. The Labute approximate surface area is 170 Å². The van der Waals surface area contributed by atoms with Gasteiger partial charge in [0.25, 0.3) is 0 Å². The van der Waals surface area contributed by atoms with E-state index in [-0.39, 0.29) is 18.6 Å². The van der Waals surface area contributed by atoms with E-state index in [2.05, 4.69) is 30.3 Å². The van der Waals surface area contributed by atoms with Crippen LogP contribution in [0.15, 0.2) is 66.7 Å². The monoisotopic (exact) mass is 391 g/mol. The third-order valence-electron chi connectivity index (χ3n) is 5.67. The van der Waals surface area contributed by atoms with E-state index in [4.69, 9.17) is 4.74 Å². The number of fused-ring (bicyclic) bond motifs is 1. The van der Waals surface area contributed by atoms with Crippen molar-refractivity contribution < 1.29 is 19.7 Å². The first kappa shape index (κ1) is 19.4. The highest BCUT2D eigenvalue weighted by Gasteiger charge is 2.33. The summed E-state index contributed by atoms with van der Waals surface area (Å²) in [7, 11) is 0. The van der Waals surface area contributed by atoms with Gasteiger partial charge in [0.15, 0.2) is 0 Å². The Bertz CT molecular complexity index is 1000. The summed E-state index contributed by atoms with van der Waals surface area (Å²) >= 11 is 0. The minimum atomic E-state index is -0.910. The predicted molar refractivity (Wildman–Crippen MR) is 112 cm³/mol. The molecule has 2 unspecified atom stereocenters. The molecule has 5 nitrogen and oxygen atoms in total. The summed E-state index contributed by atoms with van der Waals surface area (Å²) < 4.78 is 6.27. The number of aliphatic hydroxyl groups is 1. The maximum absolute atomic E-state index is 11.5. The second-order valence-electron chi connectivity index (χ2n) is 7.56. The number of nitrogens with zero attached hydrogens (tertiary/aromatic N) is 1. The lowest BCUT2D eigenvalue weighted by Gasteiger charge is -2.37. The molecular formula is C24H25NO4. The summed E-state index contributed by atoms with van der Waals surface area (Å²) in [5.41, 5.74) is 3.01. The van der Waals surface area contributed by atoms with Gasteiger partial charge >= 0.3 is 6.09 Å². The quantitative estimate of drug-likeness (QED) is 0.677. The highest BCUT2D eigenvalue weighted by Crippen LogP contribution is 2.32. The molecule has 4 rings (SSSR count). The normalized spacial score (nSPS) is 19.4. The Morgan fingerprint density at radius 1 is 1.00 bits per heavy atom. The number of hydrogen-bond acceptors (Lipinski definition) is 3. The molecule has 5 heteroatoms. The standard InChI is InChI=1S/C24H25NO4/c26-15-17-4-3-7-21(12-17)22-10-11-25(24(27)28)14-23(22)29-16-18-8-9-19-5-1-2-6-20(19)13-18/h1-9,12-13,22-23,26H,10-11,14-16H2,(H,27,28). The van der Waals surface area contributed by atoms with Crippen LogP contribution in [0, 0.1) is 0 Å². The number of piperidine rings is 1. The van der Waals surface area contributed by atoms with E-state index in [9.17, 15) is 15.0 Å². The van der Waals surface area contributed by atoms with Crippen LogP contribution in [0.5, 0.6) is 0 Å². The molecule has 3 aromatic rings. The summed E-state index contributed by atoms with van der Waals surface area (Å²) in [6.45, 7) is 1.25. The lowest BCUT2D eigenvalue weighted by atomic mass is 9.86. The molecule has 1 saturated heterocycles. The Kier molecular flexibility index (Phi) is 5.79. The molecule has 0 radical (unpaired) electrons. The first-order valence-corrected chi connectivity index (χ1v) is 9.91. The summed E-state index contributed by atoms with van der Waals surface area (Å²) in [6.07, 6.45) is -0.448. The van der Waals surface area contributed by atoms with Gasteiger partial charge in [-0.1, -0.05) is 60.7 Å². The molecule has 1 fully saturated rings. The Morgan fingerprint density at radius 2 is 1.83 bits per heavy atom. The van der Waals surface area contributed by atoms with E-state index in [0.29, 0.717) is 26.1 Å². The zero-order valence-corrected chi connectivity index (χ0v) is 16.2. The fourth-order valence-electron chi connectivity index (χ4n) is 4.09. The van der Waals surface area contributed by atoms with Gasteiger partial charge in [0.05, 0.1) is 25.9 Å². The van der Waals surface area contributed by atoms with Gasteiger partial charge in [-0.25, -0.2) is 4.79 Å². The van der Waals surface area contributed by atoms with Crippen molar-refractivity contribution in [2.45, 2.75) is 31.7 Å². The molecule has 0 aromatic heterocycles. The van der Waals surface area contributed by atoms with Crippen LogP contribution in [-0.4, -0.2) is 40.4 Å². The maximum atomic E-state index is 11.5. The Morgan fingerprint density at radius 3 is 2.62 bits per heavy atom. The van der Waals surface area contributed by atoms with Crippen molar-refractivity contribution in [3.8, 4) is 0 Å². The van der Waals surface area contributed by atoms with Crippen LogP contribution in [0.25, 0.3) is 10.8 Å². The molecule has 150 valence electrons. The molecule has 1 heterocycles. The van der Waals surface area contributed by atoms with Crippen LogP contribution in [0.4, 0.5) is 4.79 Å². The fraction of sp³-hybridized carbons (Fsp3) is 0.292. The first-order valence-electron chi connectivity index (χ1n) is 9.91. The molecule has 0 bridgehead atoms. The number of likely N-dealkylation sites (tertiary alicyclic amines) is 1. The van der Waals surface area contributed by atoms with E-state index < -0.39 is 6.09 Å². The molecular weight excluding hydrogens is 366 g/mol. The van der Waals surface area contributed by atoms with Gasteiger partial charge in [-0.2, -0.15) is 0 Å². The molecule has 0 spiro atoms. The topological polar surface area (TPSA) is 70.0 Å². The van der Waals surface area contributed by atoms with E-state index in [0.717, 1.165) is 22.1 Å². The minimum Gasteiger partial charge on any atom is -0.465 e. The summed E-state index contributed by atoms with van der Waals surface area (Å²) in [5.74, 6) is 0.0950. The Hall–Kier alpha value is -2.89. The number of rotatable bonds is 5. The van der Waals surface area contributed by atoms with Crippen molar-refractivity contribution in [3.63, 3.8) is 0 Å². The maximum Gasteiger partial charge on any atom is 0.407 e. The van der Waals surface area contributed by atoms with E-state index in [1.807, 2.05) is 36.4 Å². The van der Waals surface area contributed by atoms with Crippen molar-refractivity contribution in [3.05, 3.63) is 83.4 Å². The fourth-order valence-corrected chi connectivity index (χ4v) is 4.09. The highest BCUT2D eigenvalue weighted by molar-refractivity contribution is 5.82. The summed E-state index contributed by atoms with van der Waals surface area (Å²) in [5, 5.41) is 21.2. The van der Waals surface area contributed by atoms with Crippen molar-refractivity contribution in [2.75, 3.05) is 13.1 Å². The van der Waals surface area contributed by atoms with Crippen LogP contribution in [0.2, 0.25) is 0 Å². The third-order valence-corrected chi connectivity index (χ3v) is 5.67. The molecule has 1 amide bonds. The molecule has 1 aliphatic rings. The minimum absolute atomic E-state index is 0.00950. The Balaban J connectivity index is 1.54. The van der Waals surface area contributed by atoms with Gasteiger partial charge in [0.1, 0.15) is 0 Å². The van der Waals surface area contributed by atoms with Crippen LogP contribution in [-0.2, 0) is 18.0 Å². The van der Waals surface area contributed by atoms with Crippen LogP contribution >= 0.6 is 0 Å². The number of carbonyl (C=O) groups is 1. The number of amides is 1. The number of benzene rings is 3. The average molecular weight is 391 g/mol. The van der Waals surface area contributed by atoms with E-state index >= 15 is 0 Å². The van der Waals surface area contributed by atoms with Crippen LogP contribution < -0.4 is 0 Å². The van der Waals surface area contributed by atoms with Gasteiger partial charge in [-0.3, -0.25) is 0 Å². The summed E-state index contributed by atoms with van der Waals surface area (Å²) in [6, 6.07) is 22.3. The van der Waals surface area contributed by atoms with Crippen LogP contribution in [0.3, 0.4) is 0 Å². The van der Waals surface area contributed by atoms with Crippen molar-refractivity contribution in [1.29, 1.82) is 0 Å². The molecule has 29 heavy (non-hydrogen) atoms. The first-order chi connectivity index (χ1) is 14.1. The average Bonchev–Trinajstić information content (AvgIpc) is 2.77. The van der Waals surface area contributed by atoms with Crippen LogP contribution in [0.1, 0.15) is 29.0 Å². The van der Waals surface area contributed by atoms with Gasteiger partial charge in [0.2, 0.25) is 0 Å². The lowest BCUT2D eigenvalue weighted by molar-refractivity contribution is -0.0199. The molecule has 1 aliphatic heterocycles. The van der Waals surface area contributed by atoms with Gasteiger partial charge in [-0.05, 0) is 39.9 Å². The van der Waals surface area contributed by atoms with Crippen molar-refractivity contribution in [1.82, 2.24) is 4.90 Å². The largest absolute Gasteiger partial charge is 0.465 e. The lowest BCUT2D eigenvalue weighted by Crippen LogP contribution is -2.46. The predicted octanol–water partition coefficient (Wildman–Crippen LogP) is 4.38. The molecule has 0 aliphatic carbocycles. The van der Waals surface area contributed by atoms with Gasteiger partial charge in [-0.15, -0.1) is 0 Å². The molecule has 3 aromatic carbocycles. The number of aliphatic hydroxyl groups excluding tert-OH is 1. The molecule has 2 atom stereocenters. The number of hydrogen-bond donors (Lipinski definition) is 2. The van der Waals surface area contributed by atoms with Gasteiger partial charge < -0.3 is 19.8 Å². The second kappa shape index (κ2) is 8.64. The van der Waals surface area contributed by atoms with E-state index in [1.54, 1.807) is 0 Å². The number of ether oxygens (including phenoxy) is 1. The zero-order valence-electron chi connectivity index (χ0n) is 16.2. The molecule has 2 N–H and O–H groups in total. The molecule has 0 saturated carbocycles. The van der Waals surface area contributed by atoms with Crippen molar-refractivity contribution in [2.24, 2.45) is 0 Å². The highest BCUT2D eigenvalue weighted by atomic mass is 16.5. The van der Waals surface area contributed by atoms with E-state index in [1.165, 1.54) is 10.3 Å². The smallest absolute Gasteiger partial charge is 0.407 e.